The standard InChI is InChI=1S/C21H22ClN7OS.C19H17Cl2N7S.C2H5O.Na/c1-3-13-12-14(28-8-10-29(11-9-28)21-23-6-5-7-24-21)25-19-15(13)16-17(31-19)18(30-4-2)27-20(22)26-16;1-2-11-10-12(27-6-8-28(9-7-27)19-22-4-3-5-23-19)24-17-13(11)14-15(29-17)16(20)26-18(21)25-14;1-2-3;/h5-7,12H,3-4,8-11H2,1-2H3;3-5,10H,2,6-9H2,1H3;2H2,1H3;/q;;-1;+1. The van der Waals surface area contributed by atoms with Crippen LogP contribution in [-0.2, 0) is 12.8 Å². The first-order chi connectivity index (χ1) is 30.7. The van der Waals surface area contributed by atoms with E-state index in [-0.39, 0.29) is 46.7 Å². The molecule has 10 rings (SSSR count). The molecule has 16 nitrogen and oxygen atoms in total. The molecule has 0 aliphatic carbocycles. The molecule has 64 heavy (non-hydrogen) atoms. The fourth-order valence-electron chi connectivity index (χ4n) is 7.58. The van der Waals surface area contributed by atoms with E-state index < -0.39 is 0 Å². The third-order valence-electron chi connectivity index (χ3n) is 10.5. The van der Waals surface area contributed by atoms with E-state index >= 15 is 0 Å². The summed E-state index contributed by atoms with van der Waals surface area (Å²) in [5, 5.41) is 11.7. The summed E-state index contributed by atoms with van der Waals surface area (Å²) in [4.78, 5) is 55.6. The normalized spacial score (nSPS) is 14.1. The Hall–Kier alpha value is -4.11. The van der Waals surface area contributed by atoms with Gasteiger partial charge in [-0.25, -0.2) is 44.9 Å². The maximum Gasteiger partial charge on any atom is 1.00 e. The summed E-state index contributed by atoms with van der Waals surface area (Å²) in [5.74, 6) is 4.05. The molecule has 8 aromatic rings. The number of halogens is 3. The molecule has 0 atom stereocenters. The third-order valence-corrected chi connectivity index (χ3v) is 13.4. The van der Waals surface area contributed by atoms with Gasteiger partial charge >= 0.3 is 29.6 Å². The number of ether oxygens (including phenoxy) is 1. The van der Waals surface area contributed by atoms with Crippen molar-refractivity contribution in [1.82, 2.24) is 49.8 Å². The van der Waals surface area contributed by atoms with Crippen molar-refractivity contribution in [3.05, 3.63) is 75.9 Å². The van der Waals surface area contributed by atoms with Crippen LogP contribution in [0.1, 0.15) is 38.8 Å². The first kappa shape index (κ1) is 47.8. The number of fused-ring (bicyclic) bond motifs is 6. The minimum Gasteiger partial charge on any atom is -0.855 e. The van der Waals surface area contributed by atoms with Gasteiger partial charge in [0.2, 0.25) is 28.3 Å². The molecule has 0 aromatic carbocycles. The summed E-state index contributed by atoms with van der Waals surface area (Å²) in [6.45, 7) is 15.2. The molecule has 2 fully saturated rings. The van der Waals surface area contributed by atoms with E-state index in [4.69, 9.17) is 54.6 Å². The summed E-state index contributed by atoms with van der Waals surface area (Å²) >= 11 is 21.6. The first-order valence-electron chi connectivity index (χ1n) is 20.7. The summed E-state index contributed by atoms with van der Waals surface area (Å²) in [6.07, 6.45) is 8.87. The summed E-state index contributed by atoms with van der Waals surface area (Å²) < 4.78 is 7.45. The SMILES string of the molecule is CCOc1nc(Cl)nc2c1sc1nc(N3CCN(c4ncccn4)CC3)cc(CC)c12.CC[O-].CCc1cc(N2CCN(c3ncccn3)CC2)nc2sc3c(Cl)nc(Cl)nc3c12.[Na+]. The van der Waals surface area contributed by atoms with E-state index in [0.29, 0.717) is 17.6 Å². The van der Waals surface area contributed by atoms with Crippen LogP contribution in [0, 0.1) is 0 Å². The fraction of sp³-hybridized carbons (Fsp3) is 0.381. The molecule has 0 amide bonds. The molecule has 22 heteroatoms. The number of rotatable bonds is 8. The van der Waals surface area contributed by atoms with Gasteiger partial charge in [-0.3, -0.25) is 0 Å². The van der Waals surface area contributed by atoms with Crippen LogP contribution in [0.2, 0.25) is 15.7 Å². The van der Waals surface area contributed by atoms with Crippen LogP contribution in [0.15, 0.2) is 49.1 Å². The maximum absolute atomic E-state index is 8.93. The topological polar surface area (TPSA) is 174 Å². The summed E-state index contributed by atoms with van der Waals surface area (Å²) in [5.41, 5.74) is 4.01. The van der Waals surface area contributed by atoms with E-state index in [2.05, 4.69) is 85.5 Å². The first-order valence-corrected chi connectivity index (χ1v) is 23.5. The zero-order valence-electron chi connectivity index (χ0n) is 36.1. The number of aryl methyl sites for hydroxylation is 2. The van der Waals surface area contributed by atoms with Crippen molar-refractivity contribution in [2.45, 2.75) is 40.5 Å². The Balaban J connectivity index is 0.000000178. The van der Waals surface area contributed by atoms with Crippen LogP contribution in [0.5, 0.6) is 5.88 Å². The van der Waals surface area contributed by atoms with Gasteiger partial charge in [0, 0.05) is 87.9 Å². The number of aromatic nitrogens is 10. The van der Waals surface area contributed by atoms with Crippen molar-refractivity contribution in [2.75, 3.05) is 85.2 Å². The van der Waals surface area contributed by atoms with Gasteiger partial charge in [0.15, 0.2) is 5.15 Å². The number of anilines is 4. The molecule has 10 heterocycles. The molecule has 0 radical (unpaired) electrons. The second-order valence-electron chi connectivity index (χ2n) is 14.3. The van der Waals surface area contributed by atoms with Crippen molar-refractivity contribution >= 4 is 122 Å². The Morgan fingerprint density at radius 3 is 1.42 bits per heavy atom. The van der Waals surface area contributed by atoms with E-state index in [1.165, 1.54) is 22.5 Å². The van der Waals surface area contributed by atoms with Crippen LogP contribution in [0.3, 0.4) is 0 Å². The average Bonchev–Trinajstić information content (AvgIpc) is 3.88. The Bertz CT molecular complexity index is 2830. The molecule has 0 unspecified atom stereocenters. The Labute approximate surface area is 415 Å². The number of nitrogens with zero attached hydrogens (tertiary/aromatic N) is 14. The summed E-state index contributed by atoms with van der Waals surface area (Å²) in [6, 6.07) is 8.01. The Morgan fingerprint density at radius 1 is 0.578 bits per heavy atom. The van der Waals surface area contributed by atoms with Gasteiger partial charge in [-0.15, -0.1) is 29.3 Å². The molecule has 2 saturated heterocycles. The monoisotopic (exact) mass is 968 g/mol. The van der Waals surface area contributed by atoms with Crippen LogP contribution in [0.25, 0.3) is 40.9 Å². The number of hydrogen-bond acceptors (Lipinski definition) is 18. The molecule has 0 saturated carbocycles. The van der Waals surface area contributed by atoms with Gasteiger partial charge in [0.1, 0.15) is 26.0 Å². The predicted molar refractivity (Wildman–Crippen MR) is 254 cm³/mol. The van der Waals surface area contributed by atoms with Gasteiger partial charge in [0.25, 0.3) is 0 Å². The quantitative estimate of drug-likeness (QED) is 0.118. The molecule has 0 bridgehead atoms. The van der Waals surface area contributed by atoms with Crippen LogP contribution in [-0.4, -0.2) is 115 Å². The minimum absolute atomic E-state index is 0. The van der Waals surface area contributed by atoms with Gasteiger partial charge in [0.05, 0.1) is 22.3 Å². The van der Waals surface area contributed by atoms with Gasteiger partial charge in [-0.1, -0.05) is 32.4 Å². The minimum atomic E-state index is 0. The van der Waals surface area contributed by atoms with Crippen molar-refractivity contribution in [2.24, 2.45) is 0 Å². The van der Waals surface area contributed by atoms with E-state index in [1.807, 2.05) is 19.1 Å². The smallest absolute Gasteiger partial charge is 0.855 e. The molecule has 2 aliphatic rings. The molecule has 328 valence electrons. The van der Waals surface area contributed by atoms with E-state index in [0.717, 1.165) is 130 Å². The van der Waals surface area contributed by atoms with Crippen LogP contribution < -0.4 is 59.0 Å². The number of hydrogen-bond donors (Lipinski definition) is 0. The molecule has 0 N–H and O–H groups in total. The van der Waals surface area contributed by atoms with Gasteiger partial charge in [-0.2, -0.15) is 4.98 Å². The van der Waals surface area contributed by atoms with Gasteiger partial charge < -0.3 is 29.4 Å². The maximum atomic E-state index is 8.93. The molecule has 0 spiro atoms. The van der Waals surface area contributed by atoms with E-state index in [9.17, 15) is 0 Å². The number of piperazine rings is 2. The second-order valence-corrected chi connectivity index (χ2v) is 17.3. The number of thiophene rings is 2. The summed E-state index contributed by atoms with van der Waals surface area (Å²) in [7, 11) is 0. The third kappa shape index (κ3) is 10.3. The molecular formula is C42H44Cl3N14NaO2S2. The Kier molecular flexibility index (Phi) is 16.4. The fourth-order valence-corrected chi connectivity index (χ4v) is 10.4. The second kappa shape index (κ2) is 21.9. The van der Waals surface area contributed by atoms with Crippen LogP contribution >= 0.6 is 57.5 Å². The molecular weight excluding hydrogens is 926 g/mol. The van der Waals surface area contributed by atoms with Crippen molar-refractivity contribution in [3.63, 3.8) is 0 Å². The van der Waals surface area contributed by atoms with Crippen molar-refractivity contribution in [3.8, 4) is 5.88 Å². The van der Waals surface area contributed by atoms with Crippen molar-refractivity contribution in [1.29, 1.82) is 0 Å². The predicted octanol–water partition coefficient (Wildman–Crippen LogP) is 4.57. The molecule has 2 aliphatic heterocycles. The van der Waals surface area contributed by atoms with E-state index in [1.54, 1.807) is 43.0 Å². The van der Waals surface area contributed by atoms with Crippen LogP contribution in [0.4, 0.5) is 23.5 Å². The van der Waals surface area contributed by atoms with Crippen molar-refractivity contribution < 1.29 is 39.4 Å². The van der Waals surface area contributed by atoms with Gasteiger partial charge in [-0.05, 0) is 78.4 Å². The Morgan fingerprint density at radius 2 is 0.984 bits per heavy atom. The number of pyridine rings is 2. The molecule has 8 aromatic heterocycles. The zero-order chi connectivity index (χ0) is 44.0. The zero-order valence-corrected chi connectivity index (χ0v) is 42.0. The largest absolute Gasteiger partial charge is 1.00 e. The average molecular weight is 970 g/mol.